The Morgan fingerprint density at radius 3 is 0.654 bits per heavy atom. The zero-order valence-corrected chi connectivity index (χ0v) is 70.1. The first-order valence-corrected chi connectivity index (χ1v) is 47.0. The minimum atomic E-state index is -4.97. The molecule has 17 nitrogen and oxygen atoms in total. The fraction of sp³-hybridized carbons (Fsp3) is 0.953. The molecule has 0 heterocycles. The molecule has 0 spiro atoms. The number of phosphoric ester groups is 2. The van der Waals surface area contributed by atoms with Gasteiger partial charge < -0.3 is 33.8 Å². The maximum atomic E-state index is 13.1. The zero-order valence-electron chi connectivity index (χ0n) is 68.3. The third kappa shape index (κ3) is 78.2. The van der Waals surface area contributed by atoms with Crippen molar-refractivity contribution in [3.05, 3.63) is 0 Å². The summed E-state index contributed by atoms with van der Waals surface area (Å²) in [6.07, 6.45) is 68.1. The van der Waals surface area contributed by atoms with Gasteiger partial charge in [-0.2, -0.15) is 0 Å². The van der Waals surface area contributed by atoms with Gasteiger partial charge >= 0.3 is 39.5 Å². The van der Waals surface area contributed by atoms with Crippen LogP contribution in [0.1, 0.15) is 452 Å². The van der Waals surface area contributed by atoms with E-state index in [-0.39, 0.29) is 25.7 Å². The summed E-state index contributed by atoms with van der Waals surface area (Å²) < 4.78 is 68.8. The molecular weight excluding hydrogens is 1350 g/mol. The molecule has 2 unspecified atom stereocenters. The average molecular weight is 1520 g/mol. The minimum absolute atomic E-state index is 0.106. The molecule has 3 N–H and O–H groups in total. The third-order valence-electron chi connectivity index (χ3n) is 20.0. The summed E-state index contributed by atoms with van der Waals surface area (Å²) in [5.74, 6) is -0.546. The van der Waals surface area contributed by atoms with Crippen LogP contribution in [0.25, 0.3) is 0 Å². The number of hydrogen-bond acceptors (Lipinski definition) is 15. The van der Waals surface area contributed by atoms with Crippen molar-refractivity contribution < 1.29 is 80.2 Å². The van der Waals surface area contributed by atoms with Gasteiger partial charge in [0, 0.05) is 25.7 Å². The molecule has 0 amide bonds. The van der Waals surface area contributed by atoms with Gasteiger partial charge in [-0.15, -0.1) is 0 Å². The molecule has 0 aliphatic carbocycles. The highest BCUT2D eigenvalue weighted by Gasteiger charge is 2.30. The molecule has 0 rings (SSSR count). The Bertz CT molecular complexity index is 1990. The Hall–Kier alpha value is -1.94. The Morgan fingerprint density at radius 2 is 0.442 bits per heavy atom. The topological polar surface area (TPSA) is 237 Å². The SMILES string of the molecule is CCCCCCCCCCCCCCCCCCCCCCCCC(=O)O[C@H](COC(=O)CCCCCCCCCCCCCCCCCC(C)C)COP(=O)(O)OC[C@@H](O)COP(=O)(O)OC[C@@H](COC(=O)CCCCCCCCCCCCC)OC(=O)CCCCCCCCCCCCC(C)C. The molecule has 19 heteroatoms. The van der Waals surface area contributed by atoms with Crippen molar-refractivity contribution in [3.63, 3.8) is 0 Å². The number of rotatable bonds is 84. The molecule has 0 fully saturated rings. The summed E-state index contributed by atoms with van der Waals surface area (Å²) in [7, 11) is -9.92. The van der Waals surface area contributed by atoms with E-state index in [1.54, 1.807) is 0 Å². The van der Waals surface area contributed by atoms with E-state index in [0.29, 0.717) is 25.7 Å². The number of carbonyl (C=O) groups excluding carboxylic acids is 4. The lowest BCUT2D eigenvalue weighted by Crippen LogP contribution is -2.30. The Labute approximate surface area is 638 Å². The van der Waals surface area contributed by atoms with Gasteiger partial charge in [0.05, 0.1) is 26.4 Å². The predicted octanol–water partition coefficient (Wildman–Crippen LogP) is 25.8. The van der Waals surface area contributed by atoms with Crippen LogP contribution in [0.4, 0.5) is 0 Å². The Morgan fingerprint density at radius 1 is 0.260 bits per heavy atom. The van der Waals surface area contributed by atoms with Crippen LogP contribution in [-0.4, -0.2) is 96.7 Å². The number of carbonyl (C=O) groups is 4. The lowest BCUT2D eigenvalue weighted by atomic mass is 10.0. The van der Waals surface area contributed by atoms with Crippen LogP contribution in [-0.2, 0) is 65.4 Å². The highest BCUT2D eigenvalue weighted by atomic mass is 31.2. The summed E-state index contributed by atoms with van der Waals surface area (Å²) in [5.41, 5.74) is 0. The van der Waals surface area contributed by atoms with Crippen LogP contribution in [0, 0.1) is 11.8 Å². The number of ether oxygens (including phenoxy) is 4. The van der Waals surface area contributed by atoms with Crippen LogP contribution in [0.5, 0.6) is 0 Å². The lowest BCUT2D eigenvalue weighted by molar-refractivity contribution is -0.161. The van der Waals surface area contributed by atoms with Gasteiger partial charge in [-0.05, 0) is 37.5 Å². The normalized spacial score (nSPS) is 13.8. The second-order valence-corrected chi connectivity index (χ2v) is 34.4. The molecule has 104 heavy (non-hydrogen) atoms. The molecule has 0 radical (unpaired) electrons. The molecule has 0 aromatic carbocycles. The number of hydrogen-bond donors (Lipinski definition) is 3. The molecule has 5 atom stereocenters. The molecule has 0 saturated carbocycles. The van der Waals surface area contributed by atoms with Gasteiger partial charge in [-0.3, -0.25) is 37.3 Å². The van der Waals surface area contributed by atoms with Gasteiger partial charge in [0.15, 0.2) is 12.2 Å². The molecular formula is C85H166O17P2. The van der Waals surface area contributed by atoms with Crippen LogP contribution in [0.3, 0.4) is 0 Å². The van der Waals surface area contributed by atoms with E-state index in [9.17, 15) is 43.2 Å². The van der Waals surface area contributed by atoms with Gasteiger partial charge in [0.2, 0.25) is 0 Å². The Kier molecular flexibility index (Phi) is 75.0. The van der Waals surface area contributed by atoms with Crippen molar-refractivity contribution in [3.8, 4) is 0 Å². The Balaban J connectivity index is 5.22. The number of esters is 4. The van der Waals surface area contributed by atoms with Crippen LogP contribution < -0.4 is 0 Å². The first-order valence-electron chi connectivity index (χ1n) is 44.0. The fourth-order valence-corrected chi connectivity index (χ4v) is 14.8. The molecule has 618 valence electrons. The van der Waals surface area contributed by atoms with Gasteiger partial charge in [0.1, 0.15) is 19.3 Å². The summed E-state index contributed by atoms with van der Waals surface area (Å²) >= 11 is 0. The highest BCUT2D eigenvalue weighted by molar-refractivity contribution is 7.47. The van der Waals surface area contributed by atoms with Crippen molar-refractivity contribution in [1.82, 2.24) is 0 Å². The number of unbranched alkanes of at least 4 members (excludes halogenated alkanes) is 54. The lowest BCUT2D eigenvalue weighted by Gasteiger charge is -2.21. The smallest absolute Gasteiger partial charge is 0.462 e. The standard InChI is InChI=1S/C85H166O17P2/c1-7-9-11-13-15-17-19-20-21-22-23-24-25-26-27-30-34-38-45-51-57-63-69-84(89)101-80(74-96-83(88)68-62-56-50-44-37-33-31-28-29-32-36-41-47-53-59-65-77(3)4)75-99-103(91,92)97-71-79(86)72-98-104(93,94)100-76-81(73-95-82(87)67-61-55-49-43-35-18-16-14-12-10-8-2)102-85(90)70-64-58-52-46-40-39-42-48-54-60-66-78(5)6/h77-81,86H,7-76H2,1-6H3,(H,91,92)(H,93,94)/t79-,80-,81-/m1/s1. The minimum Gasteiger partial charge on any atom is -0.462 e. The maximum Gasteiger partial charge on any atom is 0.472 e. The third-order valence-corrected chi connectivity index (χ3v) is 21.9. The van der Waals surface area contributed by atoms with Gasteiger partial charge in [-0.1, -0.05) is 401 Å². The van der Waals surface area contributed by atoms with Gasteiger partial charge in [0.25, 0.3) is 0 Å². The monoisotopic (exact) mass is 1520 g/mol. The first-order chi connectivity index (χ1) is 50.4. The second-order valence-electron chi connectivity index (χ2n) is 31.5. The zero-order chi connectivity index (χ0) is 76.4. The van der Waals surface area contributed by atoms with Crippen molar-refractivity contribution in [1.29, 1.82) is 0 Å². The van der Waals surface area contributed by atoms with E-state index in [4.69, 9.17) is 37.0 Å². The first kappa shape index (κ1) is 102. The van der Waals surface area contributed by atoms with Crippen LogP contribution in [0.15, 0.2) is 0 Å². The average Bonchev–Trinajstić information content (AvgIpc) is 0.906. The molecule has 0 aliphatic rings. The number of phosphoric acid groups is 2. The van der Waals surface area contributed by atoms with Crippen LogP contribution in [0.2, 0.25) is 0 Å². The van der Waals surface area contributed by atoms with E-state index in [1.807, 2.05) is 0 Å². The molecule has 0 bridgehead atoms. The van der Waals surface area contributed by atoms with E-state index in [0.717, 1.165) is 102 Å². The van der Waals surface area contributed by atoms with Crippen molar-refractivity contribution in [2.45, 2.75) is 471 Å². The fourth-order valence-electron chi connectivity index (χ4n) is 13.2. The van der Waals surface area contributed by atoms with Crippen molar-refractivity contribution >= 4 is 39.5 Å². The van der Waals surface area contributed by atoms with Crippen molar-refractivity contribution in [2.75, 3.05) is 39.6 Å². The quantitative estimate of drug-likeness (QED) is 0.0222. The second kappa shape index (κ2) is 76.4. The van der Waals surface area contributed by atoms with E-state index >= 15 is 0 Å². The van der Waals surface area contributed by atoms with Gasteiger partial charge in [-0.25, -0.2) is 9.13 Å². The molecule has 0 saturated heterocycles. The molecule has 0 aromatic rings. The molecule has 0 aliphatic heterocycles. The van der Waals surface area contributed by atoms with Crippen molar-refractivity contribution in [2.24, 2.45) is 11.8 Å². The van der Waals surface area contributed by atoms with E-state index in [2.05, 4.69) is 41.5 Å². The largest absolute Gasteiger partial charge is 0.472 e. The summed E-state index contributed by atoms with van der Waals surface area (Å²) in [5, 5.41) is 10.7. The van der Waals surface area contributed by atoms with E-state index < -0.39 is 97.5 Å². The van der Waals surface area contributed by atoms with Crippen LogP contribution >= 0.6 is 15.6 Å². The number of aliphatic hydroxyl groups is 1. The predicted molar refractivity (Wildman–Crippen MR) is 428 cm³/mol. The van der Waals surface area contributed by atoms with E-state index in [1.165, 1.54) is 270 Å². The maximum absolute atomic E-state index is 13.1. The summed E-state index contributed by atoms with van der Waals surface area (Å²) in [6.45, 7) is 9.67. The highest BCUT2D eigenvalue weighted by Crippen LogP contribution is 2.45. The summed E-state index contributed by atoms with van der Waals surface area (Å²) in [6, 6.07) is 0. The molecule has 0 aromatic heterocycles. The number of aliphatic hydroxyl groups excluding tert-OH is 1. The summed E-state index contributed by atoms with van der Waals surface area (Å²) in [4.78, 5) is 73.2.